The molecule has 112 valence electrons. The molecule has 0 saturated heterocycles. The van der Waals surface area contributed by atoms with Gasteiger partial charge in [0.25, 0.3) is 0 Å². The molecule has 0 spiro atoms. The highest BCUT2D eigenvalue weighted by Gasteiger charge is 2.16. The Labute approximate surface area is 133 Å². The van der Waals surface area contributed by atoms with Gasteiger partial charge in [-0.3, -0.25) is 4.98 Å². The van der Waals surface area contributed by atoms with E-state index >= 15 is 0 Å². The summed E-state index contributed by atoms with van der Waals surface area (Å²) < 4.78 is 0. The van der Waals surface area contributed by atoms with Gasteiger partial charge in [-0.15, -0.1) is 0 Å². The van der Waals surface area contributed by atoms with Gasteiger partial charge in [-0.05, 0) is 46.5 Å². The van der Waals surface area contributed by atoms with E-state index in [0.717, 1.165) is 12.1 Å². The molecule has 1 aromatic heterocycles. The molecule has 0 aliphatic carbocycles. The van der Waals surface area contributed by atoms with Crippen molar-refractivity contribution in [3.8, 4) is 11.3 Å². The van der Waals surface area contributed by atoms with Crippen LogP contribution in [-0.4, -0.2) is 4.98 Å². The zero-order valence-electron chi connectivity index (χ0n) is 13.9. The topological polar surface area (TPSA) is 12.9 Å². The summed E-state index contributed by atoms with van der Waals surface area (Å²) in [5.41, 5.74) is 5.17. The lowest BCUT2D eigenvalue weighted by atomic mass is 9.84. The van der Waals surface area contributed by atoms with E-state index < -0.39 is 0 Å². The number of pyridine rings is 1. The van der Waals surface area contributed by atoms with Crippen molar-refractivity contribution in [2.75, 3.05) is 0 Å². The van der Waals surface area contributed by atoms with Crippen molar-refractivity contribution in [2.45, 2.75) is 39.5 Å². The molecule has 1 heteroatoms. The maximum atomic E-state index is 4.68. The van der Waals surface area contributed by atoms with Gasteiger partial charge in [0, 0.05) is 17.1 Å². The molecule has 0 atom stereocenters. The van der Waals surface area contributed by atoms with Crippen LogP contribution in [0.2, 0.25) is 0 Å². The molecule has 1 heterocycles. The van der Waals surface area contributed by atoms with Crippen LogP contribution in [0.1, 0.15) is 38.8 Å². The van der Waals surface area contributed by atoms with Crippen molar-refractivity contribution < 1.29 is 0 Å². The molecule has 22 heavy (non-hydrogen) atoms. The second-order valence-corrected chi connectivity index (χ2v) is 6.94. The standard InChI is InChI=1S/C21H23N/c1-5-15-10-18(12-19(11-15)21(2,3)4)20-13-16-8-6-7-9-17(16)14-22-20/h6-14H,5H2,1-4H3. The van der Waals surface area contributed by atoms with Crippen molar-refractivity contribution >= 4 is 10.8 Å². The predicted molar refractivity (Wildman–Crippen MR) is 95.3 cm³/mol. The fourth-order valence-electron chi connectivity index (χ4n) is 2.72. The molecule has 0 bridgehead atoms. The van der Waals surface area contributed by atoms with Gasteiger partial charge in [0.1, 0.15) is 0 Å². The summed E-state index contributed by atoms with van der Waals surface area (Å²) >= 11 is 0. The van der Waals surface area contributed by atoms with Gasteiger partial charge in [-0.25, -0.2) is 0 Å². The van der Waals surface area contributed by atoms with Gasteiger partial charge >= 0.3 is 0 Å². The zero-order valence-corrected chi connectivity index (χ0v) is 13.9. The number of hydrogen-bond acceptors (Lipinski definition) is 1. The largest absolute Gasteiger partial charge is 0.256 e. The molecule has 0 amide bonds. The molecule has 3 aromatic rings. The van der Waals surface area contributed by atoms with Crippen LogP contribution in [0.3, 0.4) is 0 Å². The Balaban J connectivity index is 2.16. The van der Waals surface area contributed by atoms with E-state index in [0.29, 0.717) is 0 Å². The molecule has 3 rings (SSSR count). The van der Waals surface area contributed by atoms with E-state index in [1.807, 2.05) is 6.20 Å². The zero-order chi connectivity index (χ0) is 15.7. The van der Waals surface area contributed by atoms with E-state index in [1.54, 1.807) is 0 Å². The summed E-state index contributed by atoms with van der Waals surface area (Å²) in [6, 6.07) is 17.5. The third-order valence-corrected chi connectivity index (χ3v) is 4.19. The average Bonchev–Trinajstić information content (AvgIpc) is 2.53. The van der Waals surface area contributed by atoms with Crippen LogP contribution in [0.4, 0.5) is 0 Å². The second kappa shape index (κ2) is 5.57. The lowest BCUT2D eigenvalue weighted by Gasteiger charge is -2.21. The lowest BCUT2D eigenvalue weighted by molar-refractivity contribution is 0.589. The van der Waals surface area contributed by atoms with Crippen LogP contribution in [0.25, 0.3) is 22.0 Å². The van der Waals surface area contributed by atoms with E-state index in [9.17, 15) is 0 Å². The summed E-state index contributed by atoms with van der Waals surface area (Å²) in [5, 5.41) is 2.43. The van der Waals surface area contributed by atoms with E-state index in [1.165, 1.54) is 27.5 Å². The van der Waals surface area contributed by atoms with E-state index in [2.05, 4.69) is 81.2 Å². The fourth-order valence-corrected chi connectivity index (χ4v) is 2.72. The number of fused-ring (bicyclic) bond motifs is 1. The molecular weight excluding hydrogens is 266 g/mol. The third-order valence-electron chi connectivity index (χ3n) is 4.19. The van der Waals surface area contributed by atoms with Gasteiger partial charge in [0.05, 0.1) is 5.69 Å². The Morgan fingerprint density at radius 1 is 0.909 bits per heavy atom. The fraction of sp³-hybridized carbons (Fsp3) is 0.286. The molecule has 0 radical (unpaired) electrons. The van der Waals surface area contributed by atoms with Crippen molar-refractivity contribution in [2.24, 2.45) is 0 Å². The van der Waals surface area contributed by atoms with Gasteiger partial charge in [0.15, 0.2) is 0 Å². The summed E-state index contributed by atoms with van der Waals surface area (Å²) in [4.78, 5) is 4.68. The molecule has 2 aromatic carbocycles. The molecule has 0 saturated carbocycles. The van der Waals surface area contributed by atoms with E-state index in [-0.39, 0.29) is 5.41 Å². The smallest absolute Gasteiger partial charge is 0.0708 e. The van der Waals surface area contributed by atoms with Crippen molar-refractivity contribution in [1.29, 1.82) is 0 Å². The van der Waals surface area contributed by atoms with Crippen molar-refractivity contribution in [1.82, 2.24) is 4.98 Å². The minimum absolute atomic E-state index is 0.150. The van der Waals surface area contributed by atoms with Gasteiger partial charge in [-0.1, -0.05) is 58.0 Å². The summed E-state index contributed by atoms with van der Waals surface area (Å²) in [7, 11) is 0. The minimum Gasteiger partial charge on any atom is -0.256 e. The Kier molecular flexibility index (Phi) is 3.74. The minimum atomic E-state index is 0.150. The number of benzene rings is 2. The quantitative estimate of drug-likeness (QED) is 0.584. The molecule has 0 aliphatic rings. The summed E-state index contributed by atoms with van der Waals surface area (Å²) in [6.07, 6.45) is 3.02. The molecule has 0 unspecified atom stereocenters. The van der Waals surface area contributed by atoms with Crippen LogP contribution in [0.15, 0.2) is 54.7 Å². The van der Waals surface area contributed by atoms with E-state index in [4.69, 9.17) is 0 Å². The Bertz CT molecular complexity index is 809. The first-order valence-electron chi connectivity index (χ1n) is 7.97. The first-order chi connectivity index (χ1) is 10.5. The summed E-state index contributed by atoms with van der Waals surface area (Å²) in [6.45, 7) is 9.00. The Morgan fingerprint density at radius 3 is 2.32 bits per heavy atom. The number of rotatable bonds is 2. The molecule has 0 fully saturated rings. The maximum Gasteiger partial charge on any atom is 0.0708 e. The van der Waals surface area contributed by atoms with Gasteiger partial charge in [-0.2, -0.15) is 0 Å². The number of aromatic nitrogens is 1. The molecule has 0 aliphatic heterocycles. The van der Waals surface area contributed by atoms with Gasteiger partial charge in [0.2, 0.25) is 0 Å². The maximum absolute atomic E-state index is 4.68. The Morgan fingerprint density at radius 2 is 1.64 bits per heavy atom. The number of hydrogen-bond donors (Lipinski definition) is 0. The van der Waals surface area contributed by atoms with Crippen LogP contribution in [0, 0.1) is 0 Å². The highest BCUT2D eigenvalue weighted by atomic mass is 14.7. The van der Waals surface area contributed by atoms with Crippen LogP contribution in [0.5, 0.6) is 0 Å². The average molecular weight is 289 g/mol. The third kappa shape index (κ3) is 2.89. The normalized spacial score (nSPS) is 11.8. The SMILES string of the molecule is CCc1cc(-c2cc3ccccc3cn2)cc(C(C)(C)C)c1. The van der Waals surface area contributed by atoms with Crippen LogP contribution >= 0.6 is 0 Å². The lowest BCUT2D eigenvalue weighted by Crippen LogP contribution is -2.11. The number of nitrogens with zero attached hydrogens (tertiary/aromatic N) is 1. The first-order valence-corrected chi connectivity index (χ1v) is 7.97. The predicted octanol–water partition coefficient (Wildman–Crippen LogP) is 5.76. The van der Waals surface area contributed by atoms with Crippen LogP contribution < -0.4 is 0 Å². The highest BCUT2D eigenvalue weighted by Crippen LogP contribution is 2.30. The van der Waals surface area contributed by atoms with Gasteiger partial charge < -0.3 is 0 Å². The monoisotopic (exact) mass is 289 g/mol. The Hall–Kier alpha value is -2.15. The first kappa shape index (κ1) is 14.8. The second-order valence-electron chi connectivity index (χ2n) is 6.94. The van der Waals surface area contributed by atoms with Crippen LogP contribution in [-0.2, 0) is 11.8 Å². The molecule has 1 nitrogen and oxygen atoms in total. The highest BCUT2D eigenvalue weighted by molar-refractivity contribution is 5.85. The van der Waals surface area contributed by atoms with Crippen molar-refractivity contribution in [3.05, 3.63) is 65.9 Å². The summed E-state index contributed by atoms with van der Waals surface area (Å²) in [5.74, 6) is 0. The molecular formula is C21H23N. The molecule has 0 N–H and O–H groups in total. The number of aryl methyl sites for hydroxylation is 1. The van der Waals surface area contributed by atoms with Crippen molar-refractivity contribution in [3.63, 3.8) is 0 Å².